The predicted molar refractivity (Wildman–Crippen MR) is 106 cm³/mol. The molecule has 2 aromatic rings. The van der Waals surface area contributed by atoms with Crippen LogP contribution in [0.2, 0.25) is 0 Å². The van der Waals surface area contributed by atoms with Gasteiger partial charge in [0.15, 0.2) is 5.71 Å². The van der Waals surface area contributed by atoms with Gasteiger partial charge in [0.05, 0.1) is 6.21 Å². The molecule has 1 N–H and O–H groups in total. The highest BCUT2D eigenvalue weighted by Gasteiger charge is 2.21. The molecule has 0 aliphatic rings. The maximum atomic E-state index is 14.0. The van der Waals surface area contributed by atoms with Crippen LogP contribution in [-0.4, -0.2) is 42.9 Å². The number of benzene rings is 2. The van der Waals surface area contributed by atoms with Crippen LogP contribution in [0.3, 0.4) is 0 Å². The molecule has 8 nitrogen and oxygen atoms in total. The molecule has 0 fully saturated rings. The first kappa shape index (κ1) is 22.5. The second-order valence-corrected chi connectivity index (χ2v) is 5.78. The van der Waals surface area contributed by atoms with E-state index in [4.69, 9.17) is 4.84 Å². The number of halogens is 2. The minimum Gasteiger partial charge on any atom is -0.476 e. The van der Waals surface area contributed by atoms with Crippen LogP contribution in [0.25, 0.3) is 0 Å². The van der Waals surface area contributed by atoms with Crippen molar-refractivity contribution in [3.63, 3.8) is 0 Å². The van der Waals surface area contributed by atoms with Gasteiger partial charge in [-0.2, -0.15) is 0 Å². The lowest BCUT2D eigenvalue weighted by atomic mass is 9.99. The van der Waals surface area contributed by atoms with Gasteiger partial charge < -0.3 is 19.6 Å². The summed E-state index contributed by atoms with van der Waals surface area (Å²) in [4.78, 5) is 26.1. The molecule has 0 saturated carbocycles. The molecule has 0 heterocycles. The Bertz CT molecular complexity index is 992. The van der Waals surface area contributed by atoms with Crippen molar-refractivity contribution < 1.29 is 33.2 Å². The Hall–Kier alpha value is -3.82. The number of carboxylic acids is 1. The maximum absolute atomic E-state index is 14.0. The van der Waals surface area contributed by atoms with E-state index in [1.807, 2.05) is 0 Å². The van der Waals surface area contributed by atoms with E-state index in [1.165, 1.54) is 20.3 Å². The Labute approximate surface area is 171 Å². The topological polar surface area (TPSA) is 102 Å². The molecule has 0 aliphatic heterocycles. The number of hydrogen-bond donors (Lipinski definition) is 1. The predicted octanol–water partition coefficient (Wildman–Crippen LogP) is 3.51. The Kier molecular flexibility index (Phi) is 7.98. The highest BCUT2D eigenvalue weighted by atomic mass is 19.1. The smallest absolute Gasteiger partial charge is 0.358 e. The zero-order valence-electron chi connectivity index (χ0n) is 16.4. The summed E-state index contributed by atoms with van der Waals surface area (Å²) in [5.74, 6) is -2.86. The summed E-state index contributed by atoms with van der Waals surface area (Å²) < 4.78 is 27.1. The van der Waals surface area contributed by atoms with Gasteiger partial charge in [-0.25, -0.2) is 13.6 Å². The molecule has 0 saturated heterocycles. The van der Waals surface area contributed by atoms with E-state index < -0.39 is 23.7 Å². The van der Waals surface area contributed by atoms with Gasteiger partial charge in [0.25, 0.3) is 0 Å². The number of nitrogens with zero attached hydrogens (tertiary/aromatic N) is 3. The zero-order chi connectivity index (χ0) is 22.1. The molecule has 0 bridgehead atoms. The second-order valence-electron chi connectivity index (χ2n) is 5.78. The van der Waals surface area contributed by atoms with E-state index >= 15 is 0 Å². The van der Waals surface area contributed by atoms with E-state index in [1.54, 1.807) is 31.2 Å². The number of aliphatic carboxylic acids is 1. The summed E-state index contributed by atoms with van der Waals surface area (Å²) in [6, 6.07) is 9.50. The number of oxime groups is 3. The van der Waals surface area contributed by atoms with Gasteiger partial charge in [-0.3, -0.25) is 0 Å². The number of carbonyl (C=O) groups is 1. The molecular weight excluding hydrogens is 400 g/mol. The first-order valence-corrected chi connectivity index (χ1v) is 8.58. The molecule has 0 aromatic heterocycles. The van der Waals surface area contributed by atoms with Crippen LogP contribution in [0, 0.1) is 11.6 Å². The third kappa shape index (κ3) is 5.60. The summed E-state index contributed by atoms with van der Waals surface area (Å²) in [7, 11) is 2.50. The average molecular weight is 419 g/mol. The van der Waals surface area contributed by atoms with Crippen molar-refractivity contribution in [3.8, 4) is 0 Å². The second kappa shape index (κ2) is 10.6. The Morgan fingerprint density at radius 3 is 2.40 bits per heavy atom. The van der Waals surface area contributed by atoms with Crippen molar-refractivity contribution >= 4 is 23.6 Å². The van der Waals surface area contributed by atoms with E-state index in [9.17, 15) is 18.7 Å². The SMILES string of the molecule is CON=C(C=NOC(C)c1ccccc1C(=NOC)C(=O)O)c1ccc(F)cc1F. The number of carboxylic acid groups (broad SMARTS) is 1. The molecule has 158 valence electrons. The van der Waals surface area contributed by atoms with Crippen LogP contribution < -0.4 is 0 Å². The minimum atomic E-state index is -1.28. The first-order chi connectivity index (χ1) is 14.4. The lowest BCUT2D eigenvalue weighted by Gasteiger charge is -2.14. The van der Waals surface area contributed by atoms with Crippen molar-refractivity contribution in [3.05, 3.63) is 70.8 Å². The van der Waals surface area contributed by atoms with Crippen molar-refractivity contribution in [2.24, 2.45) is 15.5 Å². The van der Waals surface area contributed by atoms with Gasteiger partial charge in [0.1, 0.15) is 37.7 Å². The van der Waals surface area contributed by atoms with Crippen LogP contribution in [0.5, 0.6) is 0 Å². The Balaban J connectivity index is 2.27. The molecule has 0 aliphatic carbocycles. The van der Waals surface area contributed by atoms with Crippen LogP contribution >= 0.6 is 0 Å². The molecule has 0 radical (unpaired) electrons. The van der Waals surface area contributed by atoms with Crippen molar-refractivity contribution in [2.45, 2.75) is 13.0 Å². The standard InChI is InChI=1S/C20H19F2N3O5/c1-12(14-6-4-5-7-15(14)19(20(26)27)25-29-3)30-23-11-18(24-28-2)16-9-8-13(21)10-17(16)22/h4-12H,1-3H3,(H,26,27). The fourth-order valence-corrected chi connectivity index (χ4v) is 2.53. The summed E-state index contributed by atoms with van der Waals surface area (Å²) in [6.07, 6.45) is 0.390. The molecular formula is C20H19F2N3O5. The van der Waals surface area contributed by atoms with Crippen molar-refractivity contribution in [1.82, 2.24) is 0 Å². The van der Waals surface area contributed by atoms with E-state index in [2.05, 4.69) is 25.1 Å². The van der Waals surface area contributed by atoms with Gasteiger partial charge in [-0.05, 0) is 19.1 Å². The fraction of sp³-hybridized carbons (Fsp3) is 0.200. The van der Waals surface area contributed by atoms with Crippen LogP contribution in [0.1, 0.15) is 29.7 Å². The third-order valence-corrected chi connectivity index (χ3v) is 3.83. The Morgan fingerprint density at radius 1 is 1.07 bits per heavy atom. The molecule has 1 atom stereocenters. The van der Waals surface area contributed by atoms with Crippen molar-refractivity contribution in [1.29, 1.82) is 0 Å². The molecule has 10 heteroatoms. The lowest BCUT2D eigenvalue weighted by Crippen LogP contribution is -2.18. The minimum absolute atomic E-state index is 0.0392. The van der Waals surface area contributed by atoms with Crippen LogP contribution in [0.15, 0.2) is 57.9 Å². The van der Waals surface area contributed by atoms with E-state index in [0.29, 0.717) is 11.6 Å². The van der Waals surface area contributed by atoms with Gasteiger partial charge >= 0.3 is 5.97 Å². The molecule has 2 rings (SSSR count). The first-order valence-electron chi connectivity index (χ1n) is 8.58. The van der Waals surface area contributed by atoms with E-state index in [-0.39, 0.29) is 22.6 Å². The van der Waals surface area contributed by atoms with Gasteiger partial charge in [0, 0.05) is 22.8 Å². The van der Waals surface area contributed by atoms with Gasteiger partial charge in [-0.1, -0.05) is 39.7 Å². The summed E-state index contributed by atoms with van der Waals surface area (Å²) in [5.41, 5.74) is 0.375. The molecule has 2 aromatic carbocycles. The molecule has 1 unspecified atom stereocenters. The highest BCUT2D eigenvalue weighted by Crippen LogP contribution is 2.22. The van der Waals surface area contributed by atoms with Crippen molar-refractivity contribution in [2.75, 3.05) is 14.2 Å². The number of rotatable bonds is 9. The molecule has 0 amide bonds. The quantitative estimate of drug-likeness (QED) is 0.495. The molecule has 30 heavy (non-hydrogen) atoms. The van der Waals surface area contributed by atoms with Gasteiger partial charge in [0.2, 0.25) is 0 Å². The summed E-state index contributed by atoms with van der Waals surface area (Å²) >= 11 is 0. The Morgan fingerprint density at radius 2 is 1.77 bits per heavy atom. The normalized spacial score (nSPS) is 13.2. The monoisotopic (exact) mass is 419 g/mol. The third-order valence-electron chi connectivity index (χ3n) is 3.83. The highest BCUT2D eigenvalue weighted by molar-refractivity contribution is 6.42. The average Bonchev–Trinajstić information content (AvgIpc) is 2.71. The summed E-state index contributed by atoms with van der Waals surface area (Å²) in [5, 5.41) is 20.4. The molecule has 0 spiro atoms. The fourth-order valence-electron chi connectivity index (χ4n) is 2.53. The van der Waals surface area contributed by atoms with Crippen LogP contribution in [-0.2, 0) is 19.3 Å². The summed E-state index contributed by atoms with van der Waals surface area (Å²) in [6.45, 7) is 1.63. The zero-order valence-corrected chi connectivity index (χ0v) is 16.4. The number of hydrogen-bond acceptors (Lipinski definition) is 7. The maximum Gasteiger partial charge on any atom is 0.358 e. The largest absolute Gasteiger partial charge is 0.476 e. The van der Waals surface area contributed by atoms with E-state index in [0.717, 1.165) is 12.3 Å². The van der Waals surface area contributed by atoms with Crippen LogP contribution in [0.4, 0.5) is 8.78 Å². The lowest BCUT2D eigenvalue weighted by molar-refractivity contribution is -0.129. The van der Waals surface area contributed by atoms with Gasteiger partial charge in [-0.15, -0.1) is 0 Å².